The minimum absolute atomic E-state index is 0.169. The Morgan fingerprint density at radius 2 is 2.08 bits per heavy atom. The average molecular weight is 195 g/mol. The zero-order valence-electron chi connectivity index (χ0n) is 6.98. The Balaban J connectivity index is 4.04. The summed E-state index contributed by atoms with van der Waals surface area (Å²) in [6.45, 7) is 3.69. The molecule has 0 aromatic carbocycles. The van der Waals surface area contributed by atoms with E-state index in [-0.39, 0.29) is 5.92 Å². The van der Waals surface area contributed by atoms with Crippen molar-refractivity contribution in [1.82, 2.24) is 4.72 Å². The molecule has 0 radical (unpaired) electrons. The lowest BCUT2D eigenvalue weighted by molar-refractivity contribution is -0.139. The van der Waals surface area contributed by atoms with Crippen molar-refractivity contribution in [2.45, 2.75) is 26.3 Å². The molecular formula is C6H13NO4S. The molecule has 0 rings (SSSR count). The predicted octanol–water partition coefficient (Wildman–Crippen LogP) is 0.212. The number of carbonyl (C=O) groups is 1. The van der Waals surface area contributed by atoms with Crippen LogP contribution in [0.2, 0.25) is 0 Å². The summed E-state index contributed by atoms with van der Waals surface area (Å²) in [6.07, 6.45) is 0.335. The SMILES string of the molecule is CC(C)C[C@@H](NS(=O)O)C(=O)O. The summed E-state index contributed by atoms with van der Waals surface area (Å²) in [5.41, 5.74) is 0. The molecule has 3 N–H and O–H groups in total. The van der Waals surface area contributed by atoms with Crippen molar-refractivity contribution in [3.63, 3.8) is 0 Å². The molecule has 0 bridgehead atoms. The third-order valence-electron chi connectivity index (χ3n) is 1.25. The topological polar surface area (TPSA) is 86.6 Å². The van der Waals surface area contributed by atoms with Gasteiger partial charge in [0.2, 0.25) is 11.3 Å². The fraction of sp³-hybridized carbons (Fsp3) is 0.833. The first-order chi connectivity index (χ1) is 5.43. The summed E-state index contributed by atoms with van der Waals surface area (Å²) >= 11 is -2.26. The molecule has 0 amide bonds. The molecule has 0 aliphatic heterocycles. The van der Waals surface area contributed by atoms with Gasteiger partial charge in [-0.1, -0.05) is 13.8 Å². The highest BCUT2D eigenvalue weighted by molar-refractivity contribution is 7.77. The second kappa shape index (κ2) is 5.23. The molecule has 0 aliphatic rings. The van der Waals surface area contributed by atoms with E-state index in [9.17, 15) is 9.00 Å². The van der Waals surface area contributed by atoms with Gasteiger partial charge < -0.3 is 5.11 Å². The minimum Gasteiger partial charge on any atom is -0.480 e. The molecule has 5 nitrogen and oxygen atoms in total. The van der Waals surface area contributed by atoms with Crippen LogP contribution in [0.25, 0.3) is 0 Å². The Labute approximate surface area is 73.6 Å². The van der Waals surface area contributed by atoms with Gasteiger partial charge in [-0.05, 0) is 12.3 Å². The summed E-state index contributed by atoms with van der Waals surface area (Å²) in [5.74, 6) is -0.937. The zero-order valence-corrected chi connectivity index (χ0v) is 7.80. The molecule has 2 atom stereocenters. The van der Waals surface area contributed by atoms with Crippen LogP contribution in [0.15, 0.2) is 0 Å². The van der Waals surface area contributed by atoms with Crippen LogP contribution in [-0.4, -0.2) is 25.9 Å². The van der Waals surface area contributed by atoms with E-state index in [4.69, 9.17) is 9.66 Å². The van der Waals surface area contributed by atoms with E-state index in [1.807, 2.05) is 18.6 Å². The third kappa shape index (κ3) is 5.22. The van der Waals surface area contributed by atoms with E-state index < -0.39 is 23.3 Å². The van der Waals surface area contributed by atoms with Crippen molar-refractivity contribution in [2.24, 2.45) is 5.92 Å². The molecular weight excluding hydrogens is 182 g/mol. The Kier molecular flexibility index (Phi) is 5.03. The summed E-state index contributed by atoms with van der Waals surface area (Å²) in [6, 6.07) is -0.948. The first kappa shape index (κ1) is 11.5. The van der Waals surface area contributed by atoms with E-state index in [2.05, 4.69) is 0 Å². The molecule has 0 spiro atoms. The van der Waals surface area contributed by atoms with Crippen molar-refractivity contribution >= 4 is 17.2 Å². The number of hydrogen-bond acceptors (Lipinski definition) is 2. The fourth-order valence-corrected chi connectivity index (χ4v) is 1.23. The molecule has 0 saturated carbocycles. The lowest BCUT2D eigenvalue weighted by Gasteiger charge is -2.13. The molecule has 12 heavy (non-hydrogen) atoms. The van der Waals surface area contributed by atoms with Crippen LogP contribution in [0, 0.1) is 5.92 Å². The Hall–Kier alpha value is -0.460. The van der Waals surface area contributed by atoms with Gasteiger partial charge in [0.25, 0.3) is 0 Å². The average Bonchev–Trinajstić information content (AvgIpc) is 1.83. The van der Waals surface area contributed by atoms with Gasteiger partial charge in [0.1, 0.15) is 6.04 Å². The van der Waals surface area contributed by atoms with Crippen molar-refractivity contribution in [3.05, 3.63) is 0 Å². The van der Waals surface area contributed by atoms with E-state index >= 15 is 0 Å². The van der Waals surface area contributed by atoms with E-state index in [1.54, 1.807) is 0 Å². The number of hydrogen-bond donors (Lipinski definition) is 3. The summed E-state index contributed by atoms with van der Waals surface area (Å²) < 4.78 is 20.7. The van der Waals surface area contributed by atoms with Crippen LogP contribution in [0.1, 0.15) is 20.3 Å². The first-order valence-electron chi connectivity index (χ1n) is 3.53. The Morgan fingerprint density at radius 1 is 1.58 bits per heavy atom. The Bertz CT molecular complexity index is 182. The van der Waals surface area contributed by atoms with Crippen molar-refractivity contribution in [2.75, 3.05) is 0 Å². The first-order valence-corrected chi connectivity index (χ1v) is 4.64. The minimum atomic E-state index is -2.26. The zero-order chi connectivity index (χ0) is 9.72. The van der Waals surface area contributed by atoms with Crippen LogP contribution in [0.5, 0.6) is 0 Å². The monoisotopic (exact) mass is 195 g/mol. The van der Waals surface area contributed by atoms with Gasteiger partial charge >= 0.3 is 5.97 Å². The van der Waals surface area contributed by atoms with E-state index in [0.29, 0.717) is 6.42 Å². The molecule has 0 heterocycles. The number of rotatable bonds is 5. The normalized spacial score (nSPS) is 16.0. The summed E-state index contributed by atoms with van der Waals surface area (Å²) in [5, 5.41) is 8.56. The van der Waals surface area contributed by atoms with Crippen LogP contribution in [0.3, 0.4) is 0 Å². The Morgan fingerprint density at radius 3 is 2.33 bits per heavy atom. The van der Waals surface area contributed by atoms with Gasteiger partial charge in [-0.3, -0.25) is 9.35 Å². The van der Waals surface area contributed by atoms with Gasteiger partial charge in [-0.2, -0.15) is 0 Å². The number of nitrogens with one attached hydrogen (secondary N) is 1. The quantitative estimate of drug-likeness (QED) is 0.547. The highest BCUT2D eigenvalue weighted by Crippen LogP contribution is 2.04. The van der Waals surface area contributed by atoms with Crippen LogP contribution in [0.4, 0.5) is 0 Å². The molecule has 0 fully saturated rings. The number of carboxylic acids is 1. The molecule has 0 aliphatic carbocycles. The van der Waals surface area contributed by atoms with Crippen molar-refractivity contribution in [3.8, 4) is 0 Å². The van der Waals surface area contributed by atoms with Crippen LogP contribution >= 0.6 is 0 Å². The third-order valence-corrected chi connectivity index (χ3v) is 1.73. The fourth-order valence-electron chi connectivity index (χ4n) is 0.792. The second-order valence-corrected chi connectivity index (χ2v) is 3.62. The van der Waals surface area contributed by atoms with Gasteiger partial charge in [-0.15, -0.1) is 0 Å². The van der Waals surface area contributed by atoms with E-state index in [1.165, 1.54) is 0 Å². The standard InChI is InChI=1S/C6H13NO4S/c1-4(2)3-5(6(8)9)7-12(10)11/h4-5,7H,3H2,1-2H3,(H,8,9)(H,10,11)/t5-/m1/s1. The molecule has 6 heteroatoms. The molecule has 72 valence electrons. The molecule has 0 aromatic rings. The molecule has 0 saturated heterocycles. The maximum Gasteiger partial charge on any atom is 0.321 e. The van der Waals surface area contributed by atoms with Crippen molar-refractivity contribution < 1.29 is 18.7 Å². The highest BCUT2D eigenvalue weighted by Gasteiger charge is 2.19. The van der Waals surface area contributed by atoms with Gasteiger partial charge in [0.15, 0.2) is 0 Å². The maximum absolute atomic E-state index is 10.5. The predicted molar refractivity (Wildman–Crippen MR) is 44.8 cm³/mol. The lowest BCUT2D eigenvalue weighted by Crippen LogP contribution is -2.38. The summed E-state index contributed by atoms with van der Waals surface area (Å²) in [7, 11) is 0. The number of carboxylic acid groups (broad SMARTS) is 1. The highest BCUT2D eigenvalue weighted by atomic mass is 32.2. The van der Waals surface area contributed by atoms with Crippen LogP contribution < -0.4 is 4.72 Å². The van der Waals surface area contributed by atoms with E-state index in [0.717, 1.165) is 0 Å². The van der Waals surface area contributed by atoms with Gasteiger partial charge in [0.05, 0.1) is 0 Å². The molecule has 0 aromatic heterocycles. The number of aliphatic carboxylic acids is 1. The largest absolute Gasteiger partial charge is 0.480 e. The second-order valence-electron chi connectivity index (χ2n) is 2.89. The summed E-state index contributed by atoms with van der Waals surface area (Å²) in [4.78, 5) is 10.5. The van der Waals surface area contributed by atoms with Gasteiger partial charge in [0, 0.05) is 0 Å². The van der Waals surface area contributed by atoms with Crippen molar-refractivity contribution in [1.29, 1.82) is 0 Å². The van der Waals surface area contributed by atoms with Crippen LogP contribution in [-0.2, 0) is 16.1 Å². The van der Waals surface area contributed by atoms with Gasteiger partial charge in [-0.25, -0.2) is 8.93 Å². The smallest absolute Gasteiger partial charge is 0.321 e. The lowest BCUT2D eigenvalue weighted by atomic mass is 10.1. The maximum atomic E-state index is 10.5. The molecule has 1 unspecified atom stereocenters.